The highest BCUT2D eigenvalue weighted by atomic mass is 32.3. The van der Waals surface area contributed by atoms with Crippen molar-refractivity contribution in [1.82, 2.24) is 0 Å². The van der Waals surface area contributed by atoms with Crippen LogP contribution in [0.5, 0.6) is 5.75 Å². The third-order valence-electron chi connectivity index (χ3n) is 5.83. The summed E-state index contributed by atoms with van der Waals surface area (Å²) in [6.45, 7) is 10.8. The van der Waals surface area contributed by atoms with Gasteiger partial charge in [0.2, 0.25) is 0 Å². The molecular formula is C31H44O4S. The molecule has 2 atom stereocenters. The lowest BCUT2D eigenvalue weighted by Gasteiger charge is -2.27. The van der Waals surface area contributed by atoms with Crippen molar-refractivity contribution >= 4 is 16.0 Å². The zero-order valence-corrected chi connectivity index (χ0v) is 24.4. The van der Waals surface area contributed by atoms with Crippen LogP contribution < -0.4 is 4.74 Å². The number of carbonyl (C=O) groups is 1. The number of carbonyl (C=O) groups excluding carboxylic acids is 1. The fourth-order valence-electron chi connectivity index (χ4n) is 3.84. The summed E-state index contributed by atoms with van der Waals surface area (Å²) >= 11 is 0. The molecule has 2 rings (SSSR count). The van der Waals surface area contributed by atoms with Gasteiger partial charge in [-0.2, -0.15) is 10.0 Å². The van der Waals surface area contributed by atoms with E-state index in [-0.39, 0.29) is 17.8 Å². The molecule has 2 aromatic carbocycles. The molecule has 0 bridgehead atoms. The Morgan fingerprint density at radius 1 is 1.03 bits per heavy atom. The van der Waals surface area contributed by atoms with E-state index in [0.717, 1.165) is 35.3 Å². The van der Waals surface area contributed by atoms with Crippen LogP contribution in [0.3, 0.4) is 0 Å². The molecule has 0 spiro atoms. The lowest BCUT2D eigenvalue weighted by atomic mass is 9.82. The van der Waals surface area contributed by atoms with Crippen LogP contribution in [0.25, 0.3) is 0 Å². The fourth-order valence-corrected chi connectivity index (χ4v) is 4.37. The minimum absolute atomic E-state index is 0.0186. The number of hydrogen-bond acceptors (Lipinski definition) is 4. The van der Waals surface area contributed by atoms with Gasteiger partial charge in [-0.25, -0.2) is 0 Å². The van der Waals surface area contributed by atoms with E-state index in [2.05, 4.69) is 55.1 Å². The molecule has 0 fully saturated rings. The predicted molar refractivity (Wildman–Crippen MR) is 153 cm³/mol. The molecule has 5 heteroatoms. The van der Waals surface area contributed by atoms with E-state index < -0.39 is 15.6 Å². The van der Waals surface area contributed by atoms with Crippen molar-refractivity contribution in [2.45, 2.75) is 72.2 Å². The van der Waals surface area contributed by atoms with Crippen LogP contribution in [0, 0.1) is 24.0 Å². The summed E-state index contributed by atoms with van der Waals surface area (Å²) < 4.78 is 17.0. The molecule has 0 saturated carbocycles. The number of aryl methyl sites for hydroxylation is 1. The molecule has 0 amide bonds. The van der Waals surface area contributed by atoms with Gasteiger partial charge in [0.05, 0.1) is 26.2 Å². The standard InChI is InChI=1S/C31H44O4S/c1-23-13-16-26(20-27(23)22-34-21-25-14-17-28(33-6)18-15-25)29(12-10-11-19-36(7,8)9)24(2)30(32)35-31(3,4)5/h13-18,20,24,29H,10,12,21-22H2,1-9H3. The summed E-state index contributed by atoms with van der Waals surface area (Å²) in [7, 11) is 0.790. The van der Waals surface area contributed by atoms with E-state index in [1.54, 1.807) is 7.11 Å². The predicted octanol–water partition coefficient (Wildman–Crippen LogP) is 7.22. The fraction of sp³-hybridized carbons (Fsp3) is 0.516. The number of ether oxygens (including phenoxy) is 3. The average Bonchev–Trinajstić information content (AvgIpc) is 2.79. The van der Waals surface area contributed by atoms with Crippen LogP contribution >= 0.6 is 10.0 Å². The minimum Gasteiger partial charge on any atom is -0.497 e. The van der Waals surface area contributed by atoms with Gasteiger partial charge in [0, 0.05) is 6.42 Å². The molecule has 2 unspecified atom stereocenters. The van der Waals surface area contributed by atoms with E-state index in [4.69, 9.17) is 14.2 Å². The van der Waals surface area contributed by atoms with Crippen molar-refractivity contribution in [2.75, 3.05) is 25.9 Å². The highest BCUT2D eigenvalue weighted by molar-refractivity contribution is 8.35. The Morgan fingerprint density at radius 3 is 2.28 bits per heavy atom. The summed E-state index contributed by atoms with van der Waals surface area (Å²) in [5.74, 6) is 3.77. The minimum atomic E-state index is -0.873. The van der Waals surface area contributed by atoms with Crippen LogP contribution in [0.15, 0.2) is 42.5 Å². The first kappa shape index (κ1) is 29.8. The monoisotopic (exact) mass is 512 g/mol. The Bertz CT molecular complexity index is 1050. The summed E-state index contributed by atoms with van der Waals surface area (Å²) in [6.07, 6.45) is 8.13. The lowest BCUT2D eigenvalue weighted by Crippen LogP contribution is -2.30. The Hall–Kier alpha value is -2.42. The first-order chi connectivity index (χ1) is 16.8. The maximum atomic E-state index is 13.0. The zero-order valence-electron chi connectivity index (χ0n) is 23.6. The van der Waals surface area contributed by atoms with Crippen molar-refractivity contribution < 1.29 is 19.0 Å². The maximum Gasteiger partial charge on any atom is 0.309 e. The summed E-state index contributed by atoms with van der Waals surface area (Å²) in [6, 6.07) is 14.4. The molecule has 0 heterocycles. The topological polar surface area (TPSA) is 44.8 Å². The number of esters is 1. The van der Waals surface area contributed by atoms with Gasteiger partial charge < -0.3 is 14.2 Å². The second-order valence-electron chi connectivity index (χ2n) is 11.1. The van der Waals surface area contributed by atoms with E-state index in [0.29, 0.717) is 13.2 Å². The molecule has 4 nitrogen and oxygen atoms in total. The number of benzene rings is 2. The van der Waals surface area contributed by atoms with Crippen molar-refractivity contribution in [3.63, 3.8) is 0 Å². The normalized spacial score (nSPS) is 13.8. The van der Waals surface area contributed by atoms with Gasteiger partial charge in [0.25, 0.3) is 0 Å². The van der Waals surface area contributed by atoms with Crippen LogP contribution in [-0.4, -0.2) is 37.4 Å². The van der Waals surface area contributed by atoms with Crippen molar-refractivity contribution in [3.8, 4) is 16.9 Å². The molecule has 0 saturated heterocycles. The third-order valence-corrected chi connectivity index (χ3v) is 6.58. The summed E-state index contributed by atoms with van der Waals surface area (Å²) in [5, 5.41) is 3.40. The van der Waals surface area contributed by atoms with Crippen LogP contribution in [-0.2, 0) is 27.5 Å². The second kappa shape index (κ2) is 13.2. The van der Waals surface area contributed by atoms with E-state index in [1.807, 2.05) is 52.0 Å². The number of rotatable bonds is 10. The van der Waals surface area contributed by atoms with Gasteiger partial charge in [-0.1, -0.05) is 48.4 Å². The zero-order chi connectivity index (χ0) is 26.9. The van der Waals surface area contributed by atoms with E-state index >= 15 is 0 Å². The molecule has 0 aliphatic heterocycles. The van der Waals surface area contributed by atoms with Gasteiger partial charge in [0.1, 0.15) is 11.4 Å². The van der Waals surface area contributed by atoms with E-state index in [1.165, 1.54) is 5.56 Å². The largest absolute Gasteiger partial charge is 0.497 e. The van der Waals surface area contributed by atoms with Crippen molar-refractivity contribution in [1.29, 1.82) is 0 Å². The third kappa shape index (κ3) is 10.3. The second-order valence-corrected chi connectivity index (χ2v) is 15.0. The van der Waals surface area contributed by atoms with Gasteiger partial charge in [-0.15, -0.1) is 0 Å². The Balaban J connectivity index is 2.20. The Morgan fingerprint density at radius 2 is 1.69 bits per heavy atom. The summed E-state index contributed by atoms with van der Waals surface area (Å²) in [4.78, 5) is 13.0. The highest BCUT2D eigenvalue weighted by Gasteiger charge is 2.29. The maximum absolute atomic E-state index is 13.0. The SMILES string of the molecule is COc1ccc(COCc2cc(C(CCC#CS(C)(C)C)C(C)C(=O)OC(C)(C)C)ccc2C)cc1. The van der Waals surface area contributed by atoms with Crippen LogP contribution in [0.4, 0.5) is 0 Å². The molecule has 2 aromatic rings. The molecular weight excluding hydrogens is 468 g/mol. The molecule has 0 aromatic heterocycles. The quantitative estimate of drug-likeness (QED) is 0.249. The average molecular weight is 513 g/mol. The number of hydrogen-bond donors (Lipinski definition) is 0. The summed E-state index contributed by atoms with van der Waals surface area (Å²) in [5.41, 5.74) is 4.02. The smallest absolute Gasteiger partial charge is 0.309 e. The van der Waals surface area contributed by atoms with Gasteiger partial charge in [0.15, 0.2) is 0 Å². The lowest BCUT2D eigenvalue weighted by molar-refractivity contribution is -0.160. The molecule has 36 heavy (non-hydrogen) atoms. The molecule has 0 aliphatic rings. The molecule has 0 N–H and O–H groups in total. The van der Waals surface area contributed by atoms with Crippen LogP contribution in [0.2, 0.25) is 0 Å². The highest BCUT2D eigenvalue weighted by Crippen LogP contribution is 2.34. The molecule has 0 aliphatic carbocycles. The van der Waals surface area contributed by atoms with Crippen LogP contribution in [0.1, 0.15) is 68.7 Å². The molecule has 0 radical (unpaired) electrons. The molecule has 198 valence electrons. The Kier molecular flexibility index (Phi) is 10.9. The van der Waals surface area contributed by atoms with Crippen molar-refractivity contribution in [2.24, 2.45) is 5.92 Å². The first-order valence-electron chi connectivity index (χ1n) is 12.5. The van der Waals surface area contributed by atoms with Gasteiger partial charge in [-0.05, 0) is 93.2 Å². The van der Waals surface area contributed by atoms with E-state index in [9.17, 15) is 4.79 Å². The van der Waals surface area contributed by atoms with Gasteiger partial charge >= 0.3 is 5.97 Å². The Labute approximate surface area is 220 Å². The van der Waals surface area contributed by atoms with Crippen molar-refractivity contribution in [3.05, 3.63) is 64.7 Å². The first-order valence-corrected chi connectivity index (χ1v) is 15.4. The van der Waals surface area contributed by atoms with Gasteiger partial charge in [-0.3, -0.25) is 4.79 Å². The number of methoxy groups -OCH3 is 1.